The zero-order valence-corrected chi connectivity index (χ0v) is 6.37. The van der Waals surface area contributed by atoms with Crippen LogP contribution in [0.2, 0.25) is 0 Å². The number of hydrogen-bond acceptors (Lipinski definition) is 3. The molecule has 0 unspecified atom stereocenters. The smallest absolute Gasteiger partial charge is 0.103 e. The molecule has 3 heteroatoms. The van der Waals surface area contributed by atoms with E-state index in [9.17, 15) is 5.11 Å². The summed E-state index contributed by atoms with van der Waals surface area (Å²) in [5.74, 6) is 0. The summed E-state index contributed by atoms with van der Waals surface area (Å²) >= 11 is 0. The van der Waals surface area contributed by atoms with Crippen LogP contribution in [0.3, 0.4) is 0 Å². The standard InChI is InChI=1S/C7H14O3/c1-7(2)3-5(8)6(9)4-10-7/h5-6,8-9H,3-4H2,1-2H3/t5-,6+/m0/s1. The van der Waals surface area contributed by atoms with Gasteiger partial charge in [-0.3, -0.25) is 0 Å². The molecule has 0 bridgehead atoms. The number of aliphatic hydroxyl groups excluding tert-OH is 2. The van der Waals surface area contributed by atoms with E-state index in [1.165, 1.54) is 0 Å². The van der Waals surface area contributed by atoms with Crippen molar-refractivity contribution in [2.24, 2.45) is 0 Å². The van der Waals surface area contributed by atoms with Gasteiger partial charge in [0.1, 0.15) is 6.10 Å². The maximum atomic E-state index is 9.18. The Morgan fingerprint density at radius 1 is 1.30 bits per heavy atom. The van der Waals surface area contributed by atoms with Crippen LogP contribution in [0.5, 0.6) is 0 Å². The van der Waals surface area contributed by atoms with Gasteiger partial charge in [0.25, 0.3) is 0 Å². The van der Waals surface area contributed by atoms with E-state index in [2.05, 4.69) is 0 Å². The molecule has 3 nitrogen and oxygen atoms in total. The Hall–Kier alpha value is -0.120. The lowest BCUT2D eigenvalue weighted by atomic mass is 9.94. The van der Waals surface area contributed by atoms with Crippen LogP contribution in [0.15, 0.2) is 0 Å². The van der Waals surface area contributed by atoms with Gasteiger partial charge in [-0.1, -0.05) is 0 Å². The molecule has 0 aliphatic carbocycles. The Morgan fingerprint density at radius 2 is 1.90 bits per heavy atom. The lowest BCUT2D eigenvalue weighted by Crippen LogP contribution is -2.45. The van der Waals surface area contributed by atoms with E-state index in [0.717, 1.165) is 0 Å². The van der Waals surface area contributed by atoms with Crippen molar-refractivity contribution in [2.45, 2.75) is 38.1 Å². The highest BCUT2D eigenvalue weighted by Gasteiger charge is 2.33. The van der Waals surface area contributed by atoms with Crippen molar-refractivity contribution in [3.63, 3.8) is 0 Å². The minimum absolute atomic E-state index is 0.244. The number of rotatable bonds is 0. The second kappa shape index (κ2) is 2.49. The van der Waals surface area contributed by atoms with Crippen LogP contribution in [0.4, 0.5) is 0 Å². The summed E-state index contributed by atoms with van der Waals surface area (Å²) in [5.41, 5.74) is -0.279. The average molecular weight is 146 g/mol. The lowest BCUT2D eigenvalue weighted by Gasteiger charge is -2.35. The minimum Gasteiger partial charge on any atom is -0.390 e. The van der Waals surface area contributed by atoms with Gasteiger partial charge in [0.05, 0.1) is 18.3 Å². The third-order valence-corrected chi connectivity index (χ3v) is 1.79. The fourth-order valence-electron chi connectivity index (χ4n) is 1.12. The zero-order valence-electron chi connectivity index (χ0n) is 6.37. The first kappa shape index (κ1) is 7.98. The fourth-order valence-corrected chi connectivity index (χ4v) is 1.12. The van der Waals surface area contributed by atoms with Crippen molar-refractivity contribution >= 4 is 0 Å². The molecule has 2 N–H and O–H groups in total. The molecule has 0 aromatic rings. The van der Waals surface area contributed by atoms with E-state index in [1.807, 2.05) is 13.8 Å². The first-order valence-corrected chi connectivity index (χ1v) is 3.51. The molecular formula is C7H14O3. The molecule has 2 atom stereocenters. The largest absolute Gasteiger partial charge is 0.390 e. The number of ether oxygens (including phenoxy) is 1. The van der Waals surface area contributed by atoms with E-state index in [0.29, 0.717) is 6.42 Å². The maximum Gasteiger partial charge on any atom is 0.103 e. The Kier molecular flexibility index (Phi) is 1.99. The summed E-state index contributed by atoms with van der Waals surface area (Å²) in [5, 5.41) is 18.2. The van der Waals surface area contributed by atoms with Gasteiger partial charge in [-0.2, -0.15) is 0 Å². The molecule has 0 saturated carbocycles. The van der Waals surface area contributed by atoms with E-state index in [1.54, 1.807) is 0 Å². The van der Waals surface area contributed by atoms with Gasteiger partial charge >= 0.3 is 0 Å². The summed E-state index contributed by atoms with van der Waals surface area (Å²) in [6.07, 6.45) is -0.814. The summed E-state index contributed by atoms with van der Waals surface area (Å²) in [7, 11) is 0. The van der Waals surface area contributed by atoms with Crippen molar-refractivity contribution < 1.29 is 14.9 Å². The first-order valence-electron chi connectivity index (χ1n) is 3.51. The van der Waals surface area contributed by atoms with Gasteiger partial charge in [-0.15, -0.1) is 0 Å². The molecule has 0 amide bonds. The van der Waals surface area contributed by atoms with Crippen molar-refractivity contribution in [3.8, 4) is 0 Å². The van der Waals surface area contributed by atoms with E-state index < -0.39 is 12.2 Å². The van der Waals surface area contributed by atoms with E-state index in [4.69, 9.17) is 9.84 Å². The molecule has 10 heavy (non-hydrogen) atoms. The van der Waals surface area contributed by atoms with Crippen LogP contribution < -0.4 is 0 Å². The molecule has 1 rings (SSSR count). The van der Waals surface area contributed by atoms with Crippen LogP contribution in [0.1, 0.15) is 20.3 Å². The highest BCUT2D eigenvalue weighted by atomic mass is 16.5. The second-order valence-electron chi connectivity index (χ2n) is 3.41. The van der Waals surface area contributed by atoms with Crippen molar-refractivity contribution in [2.75, 3.05) is 6.61 Å². The molecule has 60 valence electrons. The van der Waals surface area contributed by atoms with Gasteiger partial charge in [0.15, 0.2) is 0 Å². The Bertz CT molecular complexity index is 122. The molecule has 1 saturated heterocycles. The first-order chi connectivity index (χ1) is 4.51. The molecule has 0 aromatic carbocycles. The van der Waals surface area contributed by atoms with Crippen molar-refractivity contribution in [3.05, 3.63) is 0 Å². The Labute approximate surface area is 60.6 Å². The maximum absolute atomic E-state index is 9.18. The van der Waals surface area contributed by atoms with Gasteiger partial charge in [0.2, 0.25) is 0 Å². The van der Waals surface area contributed by atoms with Gasteiger partial charge < -0.3 is 14.9 Å². The summed E-state index contributed by atoms with van der Waals surface area (Å²) in [6, 6.07) is 0. The average Bonchev–Trinajstić information content (AvgIpc) is 1.79. The third-order valence-electron chi connectivity index (χ3n) is 1.79. The molecule has 1 aliphatic heterocycles. The Balaban J connectivity index is 2.49. The van der Waals surface area contributed by atoms with Gasteiger partial charge in [0, 0.05) is 6.42 Å². The van der Waals surface area contributed by atoms with Crippen LogP contribution >= 0.6 is 0 Å². The summed E-state index contributed by atoms with van der Waals surface area (Å²) in [4.78, 5) is 0. The second-order valence-corrected chi connectivity index (χ2v) is 3.41. The monoisotopic (exact) mass is 146 g/mol. The SMILES string of the molecule is CC1(C)C[C@H](O)[C@H](O)CO1. The van der Waals surface area contributed by atoms with E-state index >= 15 is 0 Å². The van der Waals surface area contributed by atoms with Crippen molar-refractivity contribution in [1.82, 2.24) is 0 Å². The summed E-state index contributed by atoms with van der Waals surface area (Å²) in [6.45, 7) is 4.05. The van der Waals surface area contributed by atoms with E-state index in [-0.39, 0.29) is 12.2 Å². The third kappa shape index (κ3) is 1.68. The molecule has 0 radical (unpaired) electrons. The molecule has 0 aromatic heterocycles. The Morgan fingerprint density at radius 3 is 2.30 bits per heavy atom. The van der Waals surface area contributed by atoms with Crippen LogP contribution in [0, 0.1) is 0 Å². The lowest BCUT2D eigenvalue weighted by molar-refractivity contribution is -0.156. The van der Waals surface area contributed by atoms with Crippen LogP contribution in [-0.2, 0) is 4.74 Å². The number of aliphatic hydroxyl groups is 2. The van der Waals surface area contributed by atoms with Gasteiger partial charge in [-0.25, -0.2) is 0 Å². The zero-order chi connectivity index (χ0) is 7.78. The summed E-state index contributed by atoms with van der Waals surface area (Å²) < 4.78 is 5.24. The molecular weight excluding hydrogens is 132 g/mol. The van der Waals surface area contributed by atoms with Crippen LogP contribution in [0.25, 0.3) is 0 Å². The minimum atomic E-state index is -0.701. The quantitative estimate of drug-likeness (QED) is 0.502. The molecule has 1 fully saturated rings. The van der Waals surface area contributed by atoms with Crippen molar-refractivity contribution in [1.29, 1.82) is 0 Å². The van der Waals surface area contributed by atoms with Crippen LogP contribution in [-0.4, -0.2) is 34.6 Å². The predicted molar refractivity (Wildman–Crippen MR) is 36.7 cm³/mol. The molecule has 1 aliphatic rings. The predicted octanol–water partition coefficient (Wildman–Crippen LogP) is -0.0929. The highest BCUT2D eigenvalue weighted by molar-refractivity contribution is 4.83. The van der Waals surface area contributed by atoms with Gasteiger partial charge in [-0.05, 0) is 13.8 Å². The fraction of sp³-hybridized carbons (Fsp3) is 1.00. The highest BCUT2D eigenvalue weighted by Crippen LogP contribution is 2.23. The number of hydrogen-bond donors (Lipinski definition) is 2. The normalized spacial score (nSPS) is 39.6. The molecule has 1 heterocycles. The topological polar surface area (TPSA) is 49.7 Å². The molecule has 0 spiro atoms.